The van der Waals surface area contributed by atoms with Gasteiger partial charge in [0.05, 0.1) is 12.8 Å². The van der Waals surface area contributed by atoms with Crippen LogP contribution in [0.4, 0.5) is 0 Å². The van der Waals surface area contributed by atoms with Gasteiger partial charge in [-0.2, -0.15) is 0 Å². The average Bonchev–Trinajstić information content (AvgIpc) is 2.85. The van der Waals surface area contributed by atoms with Crippen molar-refractivity contribution in [3.63, 3.8) is 0 Å². The molecule has 2 saturated carbocycles. The van der Waals surface area contributed by atoms with Gasteiger partial charge in [0.25, 0.3) is 0 Å². The molecule has 0 amide bonds. The fourth-order valence-electron chi connectivity index (χ4n) is 3.50. The van der Waals surface area contributed by atoms with Crippen LogP contribution in [0.1, 0.15) is 43.3 Å². The summed E-state index contributed by atoms with van der Waals surface area (Å²) in [5, 5.41) is 3.34. The van der Waals surface area contributed by atoms with E-state index in [1.165, 1.54) is 19.3 Å². The van der Waals surface area contributed by atoms with Crippen LogP contribution < -0.4 is 5.32 Å². The van der Waals surface area contributed by atoms with E-state index in [0.29, 0.717) is 5.92 Å². The van der Waals surface area contributed by atoms with Crippen molar-refractivity contribution in [3.8, 4) is 0 Å². The highest BCUT2D eigenvalue weighted by Gasteiger charge is 2.54. The maximum Gasteiger partial charge on any atom is 0.194 e. The molecule has 0 aliphatic heterocycles. The van der Waals surface area contributed by atoms with E-state index >= 15 is 0 Å². The molecule has 3 rings (SSSR count). The Morgan fingerprint density at radius 3 is 3.00 bits per heavy atom. The highest BCUT2D eigenvalue weighted by molar-refractivity contribution is 5.19. The van der Waals surface area contributed by atoms with Crippen LogP contribution in [0.25, 0.3) is 0 Å². The Morgan fingerprint density at radius 2 is 2.21 bits per heavy atom. The van der Waals surface area contributed by atoms with Gasteiger partial charge >= 0.3 is 0 Å². The Kier molecular flexibility index (Phi) is 4.18. The fraction of sp³-hybridized carbons (Fsp3) is 0.800. The Morgan fingerprint density at radius 1 is 1.37 bits per heavy atom. The molecule has 0 aromatic carbocycles. The summed E-state index contributed by atoms with van der Waals surface area (Å²) in [6.45, 7) is 2.68. The molecule has 0 spiro atoms. The third-order valence-electron chi connectivity index (χ3n) is 4.53. The summed E-state index contributed by atoms with van der Waals surface area (Å²) in [4.78, 5) is 4.42. The molecule has 1 aromatic rings. The van der Waals surface area contributed by atoms with E-state index in [1.807, 2.05) is 6.20 Å². The van der Waals surface area contributed by atoms with Crippen LogP contribution in [-0.4, -0.2) is 31.8 Å². The maximum atomic E-state index is 5.91. The molecule has 2 aliphatic carbocycles. The van der Waals surface area contributed by atoms with E-state index in [4.69, 9.17) is 9.15 Å². The molecule has 4 heteroatoms. The molecule has 1 aromatic heterocycles. The van der Waals surface area contributed by atoms with Gasteiger partial charge in [0.15, 0.2) is 5.89 Å². The molecule has 0 bridgehead atoms. The van der Waals surface area contributed by atoms with Crippen LogP contribution >= 0.6 is 0 Å². The smallest absolute Gasteiger partial charge is 0.194 e. The summed E-state index contributed by atoms with van der Waals surface area (Å²) < 4.78 is 10.9. The van der Waals surface area contributed by atoms with Crippen LogP contribution in [-0.2, 0) is 11.2 Å². The van der Waals surface area contributed by atoms with E-state index in [0.717, 1.165) is 56.0 Å². The topological polar surface area (TPSA) is 47.3 Å². The normalized spacial score (nSPS) is 28.6. The van der Waals surface area contributed by atoms with Crippen molar-refractivity contribution in [2.24, 2.45) is 11.8 Å². The zero-order valence-corrected chi connectivity index (χ0v) is 11.7. The molecule has 1 N–H and O–H groups in total. The lowest BCUT2D eigenvalue weighted by molar-refractivity contribution is 0.199. The van der Waals surface area contributed by atoms with E-state index < -0.39 is 0 Å². The molecular weight excluding hydrogens is 240 g/mol. The van der Waals surface area contributed by atoms with Crippen molar-refractivity contribution in [3.05, 3.63) is 17.8 Å². The highest BCUT2D eigenvalue weighted by Crippen LogP contribution is 2.63. The Balaban J connectivity index is 1.37. The summed E-state index contributed by atoms with van der Waals surface area (Å²) >= 11 is 0. The van der Waals surface area contributed by atoms with Gasteiger partial charge in [0.2, 0.25) is 0 Å². The lowest BCUT2D eigenvalue weighted by Gasteiger charge is -2.02. The fourth-order valence-corrected chi connectivity index (χ4v) is 3.50. The molecule has 2 aliphatic rings. The third kappa shape index (κ3) is 3.00. The minimum absolute atomic E-state index is 0.704. The van der Waals surface area contributed by atoms with E-state index in [-0.39, 0.29) is 0 Å². The number of rotatable bonds is 8. The zero-order chi connectivity index (χ0) is 13.1. The summed E-state index contributed by atoms with van der Waals surface area (Å²) in [6.07, 6.45) is 8.18. The van der Waals surface area contributed by atoms with Crippen LogP contribution in [0, 0.1) is 11.8 Å². The molecule has 2 unspecified atom stereocenters. The Hall–Kier alpha value is -0.870. The Bertz CT molecular complexity index is 395. The number of ether oxygens (including phenoxy) is 1. The second kappa shape index (κ2) is 6.06. The van der Waals surface area contributed by atoms with Crippen molar-refractivity contribution in [2.45, 2.75) is 38.0 Å². The van der Waals surface area contributed by atoms with Gasteiger partial charge < -0.3 is 14.5 Å². The number of nitrogens with zero attached hydrogens (tertiary/aromatic N) is 1. The van der Waals surface area contributed by atoms with Gasteiger partial charge in [-0.15, -0.1) is 0 Å². The van der Waals surface area contributed by atoms with Gasteiger partial charge in [-0.3, -0.25) is 0 Å². The lowest BCUT2D eigenvalue weighted by atomic mass is 10.1. The van der Waals surface area contributed by atoms with Crippen LogP contribution in [0.3, 0.4) is 0 Å². The quantitative estimate of drug-likeness (QED) is 0.732. The summed E-state index contributed by atoms with van der Waals surface area (Å²) in [5.74, 6) is 4.59. The van der Waals surface area contributed by atoms with Crippen molar-refractivity contribution in [2.75, 3.05) is 26.8 Å². The first kappa shape index (κ1) is 13.1. The van der Waals surface area contributed by atoms with Crippen LogP contribution in [0.5, 0.6) is 0 Å². The lowest BCUT2D eigenvalue weighted by Crippen LogP contribution is -2.20. The van der Waals surface area contributed by atoms with Gasteiger partial charge in [-0.25, -0.2) is 4.98 Å². The van der Waals surface area contributed by atoms with Gasteiger partial charge in [0.1, 0.15) is 5.76 Å². The molecule has 4 nitrogen and oxygen atoms in total. The number of aromatic nitrogens is 1. The standard InChI is InChI=1S/C15H24N2O2/c1-18-9-8-16-7-3-6-14-17-10-13(19-14)15-11-4-2-5-12(11)15/h10-12,15-16H,2-9H2,1H3. The van der Waals surface area contributed by atoms with Crippen molar-refractivity contribution < 1.29 is 9.15 Å². The number of nitrogens with one attached hydrogen (secondary N) is 1. The van der Waals surface area contributed by atoms with Gasteiger partial charge in [0, 0.05) is 26.0 Å². The second-order valence-electron chi connectivity index (χ2n) is 5.79. The number of aryl methyl sites for hydroxylation is 1. The van der Waals surface area contributed by atoms with Crippen LogP contribution in [0.2, 0.25) is 0 Å². The van der Waals surface area contributed by atoms with Crippen molar-refractivity contribution in [1.29, 1.82) is 0 Å². The number of methoxy groups -OCH3 is 1. The first-order valence-electron chi connectivity index (χ1n) is 7.54. The first-order valence-corrected chi connectivity index (χ1v) is 7.54. The molecule has 0 radical (unpaired) electrons. The predicted molar refractivity (Wildman–Crippen MR) is 73.1 cm³/mol. The summed E-state index contributed by atoms with van der Waals surface area (Å²) in [6, 6.07) is 0. The molecule has 106 valence electrons. The maximum absolute atomic E-state index is 5.91. The van der Waals surface area contributed by atoms with Gasteiger partial charge in [-0.05, 0) is 37.6 Å². The molecule has 2 fully saturated rings. The monoisotopic (exact) mass is 264 g/mol. The first-order chi connectivity index (χ1) is 9.40. The van der Waals surface area contributed by atoms with E-state index in [1.54, 1.807) is 7.11 Å². The highest BCUT2D eigenvalue weighted by atomic mass is 16.5. The number of fused-ring (bicyclic) bond motifs is 1. The SMILES string of the molecule is COCCNCCCc1ncc(C2C3CCCC32)o1. The number of hydrogen-bond donors (Lipinski definition) is 1. The average molecular weight is 264 g/mol. The predicted octanol–water partition coefficient (Wildman–Crippen LogP) is 2.36. The molecule has 1 heterocycles. The third-order valence-corrected chi connectivity index (χ3v) is 4.53. The number of hydrogen-bond acceptors (Lipinski definition) is 4. The summed E-state index contributed by atoms with van der Waals surface area (Å²) in [5.41, 5.74) is 0. The van der Waals surface area contributed by atoms with Crippen LogP contribution in [0.15, 0.2) is 10.6 Å². The van der Waals surface area contributed by atoms with Gasteiger partial charge in [-0.1, -0.05) is 6.42 Å². The minimum atomic E-state index is 0.704. The minimum Gasteiger partial charge on any atom is -0.445 e. The molecule has 0 saturated heterocycles. The van der Waals surface area contributed by atoms with E-state index in [2.05, 4.69) is 10.3 Å². The second-order valence-corrected chi connectivity index (χ2v) is 5.79. The number of oxazole rings is 1. The largest absolute Gasteiger partial charge is 0.445 e. The molecular formula is C15H24N2O2. The summed E-state index contributed by atoms with van der Waals surface area (Å²) in [7, 11) is 1.73. The zero-order valence-electron chi connectivity index (χ0n) is 11.7. The van der Waals surface area contributed by atoms with Crippen molar-refractivity contribution >= 4 is 0 Å². The molecule has 2 atom stereocenters. The van der Waals surface area contributed by atoms with Crippen molar-refractivity contribution in [1.82, 2.24) is 10.3 Å². The molecule has 19 heavy (non-hydrogen) atoms. The van der Waals surface area contributed by atoms with E-state index in [9.17, 15) is 0 Å². The Labute approximate surface area is 114 Å².